The van der Waals surface area contributed by atoms with E-state index in [9.17, 15) is 4.79 Å². The normalized spacial score (nSPS) is 15.2. The van der Waals surface area contributed by atoms with Gasteiger partial charge < -0.3 is 15.6 Å². The molecule has 1 aliphatic rings. The SMILES string of the molecule is Cn1cnc2c(N)nc3cc(-c4cccc(CNC(=O)C5(C)CC5)c4)sc3c21. The van der Waals surface area contributed by atoms with Crippen LogP contribution in [0.15, 0.2) is 36.7 Å². The number of hydrogen-bond donors (Lipinski definition) is 2. The highest BCUT2D eigenvalue weighted by atomic mass is 32.1. The molecule has 142 valence electrons. The summed E-state index contributed by atoms with van der Waals surface area (Å²) < 4.78 is 3.07. The predicted octanol–water partition coefficient (Wildman–Crippen LogP) is 3.85. The van der Waals surface area contributed by atoms with Crippen LogP contribution in [0.2, 0.25) is 0 Å². The first-order chi connectivity index (χ1) is 13.4. The molecule has 6 nitrogen and oxygen atoms in total. The Kier molecular flexibility index (Phi) is 3.71. The third kappa shape index (κ3) is 2.74. The minimum atomic E-state index is -0.150. The van der Waals surface area contributed by atoms with Crippen molar-refractivity contribution in [3.05, 3.63) is 42.2 Å². The number of hydrogen-bond acceptors (Lipinski definition) is 5. The number of nitrogen functional groups attached to an aromatic ring is 1. The fraction of sp³-hybridized carbons (Fsp3) is 0.286. The number of carbonyl (C=O) groups is 1. The van der Waals surface area contributed by atoms with Gasteiger partial charge in [-0.25, -0.2) is 9.97 Å². The zero-order valence-electron chi connectivity index (χ0n) is 15.8. The van der Waals surface area contributed by atoms with Gasteiger partial charge in [0.2, 0.25) is 5.91 Å². The molecule has 1 amide bonds. The molecule has 0 unspecified atom stereocenters. The van der Waals surface area contributed by atoms with Crippen LogP contribution in [0.1, 0.15) is 25.3 Å². The van der Waals surface area contributed by atoms with E-state index < -0.39 is 0 Å². The van der Waals surface area contributed by atoms with Crippen LogP contribution in [-0.4, -0.2) is 20.4 Å². The molecule has 4 aromatic rings. The lowest BCUT2D eigenvalue weighted by molar-refractivity contribution is -0.125. The lowest BCUT2D eigenvalue weighted by atomic mass is 10.1. The third-order valence-electron chi connectivity index (χ3n) is 5.56. The molecule has 3 aromatic heterocycles. The van der Waals surface area contributed by atoms with Crippen LogP contribution in [0.5, 0.6) is 0 Å². The lowest BCUT2D eigenvalue weighted by Crippen LogP contribution is -2.29. The fourth-order valence-electron chi connectivity index (χ4n) is 3.49. The molecule has 0 atom stereocenters. The maximum atomic E-state index is 12.2. The maximum absolute atomic E-state index is 12.2. The number of carbonyl (C=O) groups excluding carboxylic acids is 1. The van der Waals surface area contributed by atoms with Crippen molar-refractivity contribution in [2.75, 3.05) is 5.73 Å². The number of nitrogens with zero attached hydrogens (tertiary/aromatic N) is 3. The highest BCUT2D eigenvalue weighted by Gasteiger charge is 2.44. The molecule has 3 heterocycles. The van der Waals surface area contributed by atoms with Crippen molar-refractivity contribution in [2.45, 2.75) is 26.3 Å². The van der Waals surface area contributed by atoms with Crippen LogP contribution in [0.4, 0.5) is 5.82 Å². The van der Waals surface area contributed by atoms with E-state index in [1.54, 1.807) is 17.7 Å². The Morgan fingerprint density at radius 3 is 2.96 bits per heavy atom. The average Bonchev–Trinajstić information content (AvgIpc) is 3.11. The maximum Gasteiger partial charge on any atom is 0.226 e. The first kappa shape index (κ1) is 17.2. The van der Waals surface area contributed by atoms with Crippen molar-refractivity contribution in [3.8, 4) is 10.4 Å². The average molecular weight is 392 g/mol. The first-order valence-corrected chi connectivity index (χ1v) is 10.1. The van der Waals surface area contributed by atoms with Crippen LogP contribution >= 0.6 is 11.3 Å². The lowest BCUT2D eigenvalue weighted by Gasteiger charge is -2.10. The summed E-state index contributed by atoms with van der Waals surface area (Å²) in [5.74, 6) is 0.607. The molecule has 1 aromatic carbocycles. The summed E-state index contributed by atoms with van der Waals surface area (Å²) in [6, 6.07) is 10.4. The number of nitrogens with two attached hydrogens (primary N) is 1. The molecular weight excluding hydrogens is 370 g/mol. The number of amides is 1. The van der Waals surface area contributed by atoms with Crippen molar-refractivity contribution in [3.63, 3.8) is 0 Å². The summed E-state index contributed by atoms with van der Waals surface area (Å²) in [4.78, 5) is 22.2. The van der Waals surface area contributed by atoms with E-state index in [0.29, 0.717) is 12.4 Å². The highest BCUT2D eigenvalue weighted by Crippen LogP contribution is 2.45. The van der Waals surface area contributed by atoms with Crippen molar-refractivity contribution in [1.82, 2.24) is 19.9 Å². The van der Waals surface area contributed by atoms with E-state index in [-0.39, 0.29) is 11.3 Å². The molecule has 7 heteroatoms. The van der Waals surface area contributed by atoms with Crippen LogP contribution in [0.25, 0.3) is 31.7 Å². The van der Waals surface area contributed by atoms with Gasteiger partial charge in [-0.1, -0.05) is 25.1 Å². The molecular formula is C21H21N5OS. The van der Waals surface area contributed by atoms with E-state index in [1.165, 1.54) is 0 Å². The molecule has 1 aliphatic carbocycles. The van der Waals surface area contributed by atoms with E-state index in [0.717, 1.165) is 50.1 Å². The number of nitrogens with one attached hydrogen (secondary N) is 1. The van der Waals surface area contributed by atoms with Gasteiger partial charge in [0, 0.05) is 23.9 Å². The number of pyridine rings is 1. The minimum absolute atomic E-state index is 0.150. The zero-order chi connectivity index (χ0) is 19.5. The van der Waals surface area contributed by atoms with Crippen molar-refractivity contribution >= 4 is 44.3 Å². The van der Waals surface area contributed by atoms with Crippen LogP contribution in [0, 0.1) is 5.41 Å². The second-order valence-corrected chi connectivity index (χ2v) is 8.87. The summed E-state index contributed by atoms with van der Waals surface area (Å²) in [6.07, 6.45) is 3.74. The van der Waals surface area contributed by atoms with Crippen molar-refractivity contribution < 1.29 is 4.79 Å². The van der Waals surface area contributed by atoms with E-state index in [2.05, 4.69) is 33.5 Å². The molecule has 1 saturated carbocycles. The number of benzene rings is 1. The van der Waals surface area contributed by atoms with Gasteiger partial charge in [-0.05, 0) is 36.1 Å². The highest BCUT2D eigenvalue weighted by molar-refractivity contribution is 7.23. The van der Waals surface area contributed by atoms with Gasteiger partial charge in [0.05, 0.1) is 22.1 Å². The summed E-state index contributed by atoms with van der Waals surface area (Å²) >= 11 is 1.69. The Hall–Kier alpha value is -2.93. The Labute approximate surface area is 166 Å². The first-order valence-electron chi connectivity index (χ1n) is 9.32. The number of rotatable bonds is 4. The number of fused-ring (bicyclic) bond motifs is 3. The number of anilines is 1. The molecule has 0 saturated heterocycles. The van der Waals surface area contributed by atoms with Crippen LogP contribution in [0.3, 0.4) is 0 Å². The monoisotopic (exact) mass is 391 g/mol. The Morgan fingerprint density at radius 2 is 2.18 bits per heavy atom. The predicted molar refractivity (Wildman–Crippen MR) is 113 cm³/mol. The van der Waals surface area contributed by atoms with Crippen molar-refractivity contribution in [1.29, 1.82) is 0 Å². The summed E-state index contributed by atoms with van der Waals surface area (Å²) in [6.45, 7) is 2.57. The number of aryl methyl sites for hydroxylation is 1. The number of imidazole rings is 1. The molecule has 28 heavy (non-hydrogen) atoms. The molecule has 0 radical (unpaired) electrons. The molecule has 0 spiro atoms. The standard InChI is InChI=1S/C21H21N5OS/c1-21(6-7-21)20(27)23-10-12-4-3-5-13(8-12)15-9-14-18(28-15)17-16(19(22)25-14)24-11-26(17)2/h3-5,8-9,11H,6-7,10H2,1-2H3,(H2,22,25)(H,23,27). The van der Waals surface area contributed by atoms with Gasteiger partial charge in [0.1, 0.15) is 5.52 Å². The third-order valence-corrected chi connectivity index (χ3v) is 6.74. The molecule has 0 bridgehead atoms. The zero-order valence-corrected chi connectivity index (χ0v) is 16.6. The number of aromatic nitrogens is 3. The van der Waals surface area contributed by atoms with Crippen LogP contribution in [-0.2, 0) is 18.4 Å². The van der Waals surface area contributed by atoms with Crippen molar-refractivity contribution in [2.24, 2.45) is 12.5 Å². The van der Waals surface area contributed by atoms with E-state index in [4.69, 9.17) is 5.73 Å². The molecule has 0 aliphatic heterocycles. The summed E-state index contributed by atoms with van der Waals surface area (Å²) in [7, 11) is 1.97. The van der Waals surface area contributed by atoms with Gasteiger partial charge in [0.15, 0.2) is 5.82 Å². The Morgan fingerprint density at radius 1 is 1.36 bits per heavy atom. The quantitative estimate of drug-likeness (QED) is 0.553. The second-order valence-electron chi connectivity index (χ2n) is 7.82. The largest absolute Gasteiger partial charge is 0.382 e. The van der Waals surface area contributed by atoms with E-state index >= 15 is 0 Å². The number of thiophene rings is 1. The van der Waals surface area contributed by atoms with Gasteiger partial charge in [-0.2, -0.15) is 0 Å². The topological polar surface area (TPSA) is 85.8 Å². The Balaban J connectivity index is 1.49. The summed E-state index contributed by atoms with van der Waals surface area (Å²) in [5, 5.41) is 3.07. The fourth-order valence-corrected chi connectivity index (χ4v) is 4.67. The summed E-state index contributed by atoms with van der Waals surface area (Å²) in [5.41, 5.74) is 10.8. The minimum Gasteiger partial charge on any atom is -0.382 e. The molecule has 3 N–H and O–H groups in total. The smallest absolute Gasteiger partial charge is 0.226 e. The van der Waals surface area contributed by atoms with Crippen LogP contribution < -0.4 is 11.1 Å². The molecule has 5 rings (SSSR count). The van der Waals surface area contributed by atoms with Gasteiger partial charge in [-0.3, -0.25) is 4.79 Å². The molecule has 1 fully saturated rings. The van der Waals surface area contributed by atoms with Gasteiger partial charge in [0.25, 0.3) is 0 Å². The van der Waals surface area contributed by atoms with Gasteiger partial charge >= 0.3 is 0 Å². The Bertz CT molecular complexity index is 1230. The van der Waals surface area contributed by atoms with E-state index in [1.807, 2.05) is 30.7 Å². The second kappa shape index (κ2) is 6.04. The van der Waals surface area contributed by atoms with Gasteiger partial charge in [-0.15, -0.1) is 11.3 Å².